The number of primary amides is 1. The first kappa shape index (κ1) is 54.2. The summed E-state index contributed by atoms with van der Waals surface area (Å²) in [5, 5.41) is 12.2. The van der Waals surface area contributed by atoms with E-state index in [1.807, 2.05) is 0 Å². The second-order valence-corrected chi connectivity index (χ2v) is 13.2. The van der Waals surface area contributed by atoms with Gasteiger partial charge in [-0.25, -0.2) is 14.0 Å². The van der Waals surface area contributed by atoms with Crippen molar-refractivity contribution in [3.05, 3.63) is 154 Å². The average molecular weight is 1050 g/mol. The fraction of sp³-hybridized carbons (Fsp3) is 0.116. The van der Waals surface area contributed by atoms with Crippen LogP contribution in [0.5, 0.6) is 23.0 Å². The van der Waals surface area contributed by atoms with E-state index in [9.17, 15) is 36.7 Å². The first-order valence-electron chi connectivity index (χ1n) is 18.0. The van der Waals surface area contributed by atoms with Gasteiger partial charge in [-0.05, 0) is 97.1 Å². The molecule has 9 N–H and O–H groups in total. The average Bonchev–Trinajstić information content (AvgIpc) is 3.26. The molecule has 0 aliphatic carbocycles. The van der Waals surface area contributed by atoms with E-state index in [4.69, 9.17) is 44.1 Å². The molecule has 344 valence electrons. The SMILES string of the molecule is C.CNC(=O)c1cc(Oc2ccc(NC(=O)Nc3ccc(Cl)c(C(F)(F)F)c3)cc2)ccn1.CNC(=O)c1cc(Oc2ccc(NC(N)=O)cc2)ccn1.I.Nc1ccc(Cl)c(CF)c1. The Hall–Kier alpha value is -6.91. The lowest BCUT2D eigenvalue weighted by Gasteiger charge is -2.12. The fourth-order valence-electron chi connectivity index (χ4n) is 4.89. The fourth-order valence-corrected chi connectivity index (χ4v) is 5.28. The number of urea groups is 2. The predicted molar refractivity (Wildman–Crippen MR) is 253 cm³/mol. The number of anilines is 4. The standard InChI is InChI=1S/C21H16ClF3N4O3.C14H14N4O3.C7H7ClFN.CH4.HI/c1-26-19(30)18-11-15(8-9-27-18)32-14-5-2-12(3-6-14)28-20(31)29-13-4-7-17(22)16(10-13)21(23,24)25;1-16-13(19)12-8-11(6-7-17-12)21-10-4-2-9(3-5-10)18-14(15)20;8-7-2-1-6(10)3-5(7)4-9;;/h2-11H,1H3,(H,26,30)(H2,28,29,31);2-8H,1H3,(H,16,19)(H3,15,18,20);1-3H,4,10H2;1H4;1H. The molecule has 0 aliphatic rings. The maximum atomic E-state index is 12.9. The van der Waals surface area contributed by atoms with E-state index in [-0.39, 0.29) is 60.3 Å². The Labute approximate surface area is 397 Å². The molecule has 0 fully saturated rings. The molecule has 0 bridgehead atoms. The molecule has 0 radical (unpaired) electrons. The highest BCUT2D eigenvalue weighted by Crippen LogP contribution is 2.36. The van der Waals surface area contributed by atoms with Gasteiger partial charge in [-0.2, -0.15) is 13.2 Å². The monoisotopic (exact) mass is 1050 g/mol. The van der Waals surface area contributed by atoms with Gasteiger partial charge in [-0.15, -0.1) is 24.0 Å². The van der Waals surface area contributed by atoms with Crippen LogP contribution in [0, 0.1) is 0 Å². The Balaban J connectivity index is 0.000000377. The number of nitrogen functional groups attached to an aromatic ring is 1. The number of hydrogen-bond donors (Lipinski definition) is 7. The molecule has 65 heavy (non-hydrogen) atoms. The number of ether oxygens (including phenoxy) is 2. The summed E-state index contributed by atoms with van der Waals surface area (Å²) in [6.45, 7) is -0.566. The lowest BCUT2D eigenvalue weighted by Crippen LogP contribution is -2.19. The smallest absolute Gasteiger partial charge is 0.417 e. The summed E-state index contributed by atoms with van der Waals surface area (Å²) >= 11 is 11.2. The van der Waals surface area contributed by atoms with Crippen molar-refractivity contribution in [2.75, 3.05) is 35.8 Å². The minimum absolute atomic E-state index is 0. The van der Waals surface area contributed by atoms with Gasteiger partial charge >= 0.3 is 18.2 Å². The molecule has 22 heteroatoms. The van der Waals surface area contributed by atoms with E-state index < -0.39 is 35.5 Å². The summed E-state index contributed by atoms with van der Waals surface area (Å²) in [7, 11) is 3.02. The zero-order chi connectivity index (χ0) is 46.1. The van der Waals surface area contributed by atoms with Crippen molar-refractivity contribution in [1.82, 2.24) is 20.6 Å². The number of aromatic nitrogens is 2. The summed E-state index contributed by atoms with van der Waals surface area (Å²) in [6.07, 6.45) is -1.72. The van der Waals surface area contributed by atoms with Gasteiger partial charge in [0.05, 0.1) is 10.6 Å². The molecule has 0 saturated heterocycles. The van der Waals surface area contributed by atoms with E-state index in [2.05, 4.69) is 36.6 Å². The quantitative estimate of drug-likeness (QED) is 0.0393. The molecule has 4 aromatic carbocycles. The molecular weight excluding hydrogens is 1010 g/mol. The normalized spacial score (nSPS) is 10.0. The summed E-state index contributed by atoms with van der Waals surface area (Å²) < 4.78 is 62.1. The number of carbonyl (C=O) groups excluding carboxylic acids is 4. The van der Waals surface area contributed by atoms with Crippen LogP contribution in [0.15, 0.2) is 122 Å². The van der Waals surface area contributed by atoms with Gasteiger partial charge in [-0.1, -0.05) is 30.6 Å². The summed E-state index contributed by atoms with van der Waals surface area (Å²) in [4.78, 5) is 53.8. The number of nitrogens with zero attached hydrogens (tertiary/aromatic N) is 2. The number of benzene rings is 4. The first-order valence-corrected chi connectivity index (χ1v) is 18.8. The third-order valence-electron chi connectivity index (χ3n) is 7.83. The zero-order valence-electron chi connectivity index (χ0n) is 33.4. The van der Waals surface area contributed by atoms with Crippen LogP contribution >= 0.6 is 47.2 Å². The van der Waals surface area contributed by atoms with Crippen LogP contribution in [0.1, 0.15) is 39.5 Å². The maximum Gasteiger partial charge on any atom is 0.417 e. The number of halogens is 7. The van der Waals surface area contributed by atoms with Crippen molar-refractivity contribution in [2.45, 2.75) is 20.3 Å². The van der Waals surface area contributed by atoms with Crippen LogP contribution in [0.3, 0.4) is 0 Å². The third-order valence-corrected chi connectivity index (χ3v) is 8.53. The minimum atomic E-state index is -4.64. The molecule has 6 rings (SSSR count). The molecule has 6 aromatic rings. The van der Waals surface area contributed by atoms with Crippen molar-refractivity contribution in [3.63, 3.8) is 0 Å². The number of pyridine rings is 2. The van der Waals surface area contributed by atoms with Gasteiger partial charge in [0.1, 0.15) is 41.1 Å². The first-order chi connectivity index (χ1) is 30.0. The van der Waals surface area contributed by atoms with Gasteiger partial charge in [0.25, 0.3) is 11.8 Å². The van der Waals surface area contributed by atoms with E-state index in [0.29, 0.717) is 50.6 Å². The molecule has 0 aliphatic heterocycles. The Morgan fingerprint density at radius 2 is 1.08 bits per heavy atom. The Kier molecular flexibility index (Phi) is 21.7. The van der Waals surface area contributed by atoms with Crippen LogP contribution < -0.4 is 47.5 Å². The summed E-state index contributed by atoms with van der Waals surface area (Å²) in [5.41, 5.74) is 11.7. The number of amides is 6. The highest BCUT2D eigenvalue weighted by Gasteiger charge is 2.33. The Morgan fingerprint density at radius 1 is 0.631 bits per heavy atom. The van der Waals surface area contributed by atoms with Crippen molar-refractivity contribution in [2.24, 2.45) is 5.73 Å². The van der Waals surface area contributed by atoms with Gasteiger partial charge < -0.3 is 47.5 Å². The zero-order valence-corrected chi connectivity index (χ0v) is 37.3. The number of alkyl halides is 4. The third kappa shape index (κ3) is 17.6. The van der Waals surface area contributed by atoms with E-state index in [1.54, 1.807) is 72.8 Å². The van der Waals surface area contributed by atoms with Crippen molar-refractivity contribution < 1.29 is 46.2 Å². The van der Waals surface area contributed by atoms with E-state index in [0.717, 1.165) is 12.1 Å². The van der Waals surface area contributed by atoms with Crippen LogP contribution in [0.2, 0.25) is 10.0 Å². The number of rotatable bonds is 10. The van der Waals surface area contributed by atoms with Crippen molar-refractivity contribution in [1.29, 1.82) is 0 Å². The summed E-state index contributed by atoms with van der Waals surface area (Å²) in [5.74, 6) is 1.21. The second-order valence-electron chi connectivity index (χ2n) is 12.4. The second kappa shape index (κ2) is 26.0. The van der Waals surface area contributed by atoms with Gasteiger partial charge in [0.2, 0.25) is 0 Å². The molecule has 15 nitrogen and oxygen atoms in total. The van der Waals surface area contributed by atoms with Crippen LogP contribution in [-0.4, -0.2) is 47.9 Å². The van der Waals surface area contributed by atoms with Gasteiger partial charge in [0, 0.05) is 72.0 Å². The van der Waals surface area contributed by atoms with Gasteiger partial charge in [0.15, 0.2) is 0 Å². The lowest BCUT2D eigenvalue weighted by atomic mass is 10.2. The number of hydrogen-bond acceptors (Lipinski definition) is 9. The highest BCUT2D eigenvalue weighted by molar-refractivity contribution is 14.0. The van der Waals surface area contributed by atoms with E-state index >= 15 is 0 Å². The lowest BCUT2D eigenvalue weighted by molar-refractivity contribution is -0.137. The van der Waals surface area contributed by atoms with Crippen LogP contribution in [0.25, 0.3) is 0 Å². The molecule has 0 saturated carbocycles. The summed E-state index contributed by atoms with van der Waals surface area (Å²) in [6, 6.07) is 25.6. The molecule has 2 heterocycles. The number of nitrogens with one attached hydrogen (secondary N) is 5. The van der Waals surface area contributed by atoms with Crippen molar-refractivity contribution >= 4 is 93.8 Å². The predicted octanol–water partition coefficient (Wildman–Crippen LogP) is 10.9. The maximum absolute atomic E-state index is 12.9. The molecule has 0 unspecified atom stereocenters. The van der Waals surface area contributed by atoms with E-state index in [1.165, 1.54) is 50.8 Å². The van der Waals surface area contributed by atoms with Crippen LogP contribution in [-0.2, 0) is 12.9 Å². The topological polar surface area (TPSA) is 225 Å². The Bertz CT molecular complexity index is 2540. The molecular formula is C43H42Cl2F4IN9O6. The minimum Gasteiger partial charge on any atom is -0.457 e. The van der Waals surface area contributed by atoms with Gasteiger partial charge in [-0.3, -0.25) is 19.6 Å². The molecule has 0 atom stereocenters. The molecule has 6 amide bonds. The molecule has 0 spiro atoms. The van der Waals surface area contributed by atoms with Crippen LogP contribution in [0.4, 0.5) is 49.9 Å². The highest BCUT2D eigenvalue weighted by atomic mass is 127. The number of nitrogens with two attached hydrogens (primary N) is 2. The molecule has 2 aromatic heterocycles. The number of carbonyl (C=O) groups is 4. The Morgan fingerprint density at radius 3 is 1.51 bits per heavy atom. The van der Waals surface area contributed by atoms with Crippen molar-refractivity contribution in [3.8, 4) is 23.0 Å². The largest absolute Gasteiger partial charge is 0.457 e.